The monoisotopic (exact) mass is 427 g/mol. The lowest BCUT2D eigenvalue weighted by Crippen LogP contribution is -2.34. The molecule has 162 valence electrons. The molecule has 0 aliphatic rings. The number of carbonyl (C=O) groups is 1. The molecule has 1 N–H and O–H groups in total. The molecular weight excluding hydrogens is 402 g/mol. The fraction of sp³-hybridized carbons (Fsp3) is 0.240. The molecule has 7 nitrogen and oxygen atoms in total. The number of carbonyl (C=O) groups excluding carboxylic acids is 1. The second-order valence-electron chi connectivity index (χ2n) is 8.49. The van der Waals surface area contributed by atoms with E-state index in [4.69, 9.17) is 14.7 Å². The van der Waals surface area contributed by atoms with E-state index in [9.17, 15) is 4.79 Å². The molecule has 0 bridgehead atoms. The number of esters is 1. The first-order valence-electron chi connectivity index (χ1n) is 10.4. The molecule has 7 heteroatoms. The van der Waals surface area contributed by atoms with Crippen LogP contribution in [-0.4, -0.2) is 37.5 Å². The first-order valence-corrected chi connectivity index (χ1v) is 10.4. The lowest BCUT2D eigenvalue weighted by atomic mass is 10.0. The summed E-state index contributed by atoms with van der Waals surface area (Å²) < 4.78 is 5.55. The van der Waals surface area contributed by atoms with Crippen LogP contribution in [0.25, 0.3) is 33.4 Å². The van der Waals surface area contributed by atoms with Gasteiger partial charge in [-0.3, -0.25) is 0 Å². The Morgan fingerprint density at radius 1 is 0.938 bits per heavy atom. The van der Waals surface area contributed by atoms with Gasteiger partial charge < -0.3 is 10.1 Å². The number of fused-ring (bicyclic) bond motifs is 1. The van der Waals surface area contributed by atoms with Crippen LogP contribution in [0.3, 0.4) is 0 Å². The van der Waals surface area contributed by atoms with Crippen molar-refractivity contribution in [2.45, 2.75) is 39.3 Å². The maximum Gasteiger partial charge on any atom is 0.328 e. The second-order valence-corrected chi connectivity index (χ2v) is 8.49. The molecule has 2 aromatic heterocycles. The maximum absolute atomic E-state index is 12.7. The third-order valence-electron chi connectivity index (χ3n) is 4.74. The SMILES string of the molecule is C[C@@H](Nc1nc(-c2cncnc2)nc2cccc(-c3ccccc3)c12)C(=O)OC(C)(C)C. The minimum Gasteiger partial charge on any atom is -0.458 e. The van der Waals surface area contributed by atoms with Gasteiger partial charge in [-0.1, -0.05) is 42.5 Å². The normalized spacial score (nSPS) is 12.4. The Hall–Kier alpha value is -3.87. The number of nitrogens with zero attached hydrogens (tertiary/aromatic N) is 4. The van der Waals surface area contributed by atoms with Crippen LogP contribution in [-0.2, 0) is 9.53 Å². The highest BCUT2D eigenvalue weighted by atomic mass is 16.6. The van der Waals surface area contributed by atoms with Gasteiger partial charge in [0.25, 0.3) is 0 Å². The summed E-state index contributed by atoms with van der Waals surface area (Å²) in [5.74, 6) is 0.667. The van der Waals surface area contributed by atoms with Crippen LogP contribution in [0.15, 0.2) is 67.3 Å². The summed E-state index contributed by atoms with van der Waals surface area (Å²) in [6, 6.07) is 15.3. The van der Waals surface area contributed by atoms with E-state index in [-0.39, 0.29) is 5.97 Å². The zero-order valence-corrected chi connectivity index (χ0v) is 18.5. The largest absolute Gasteiger partial charge is 0.458 e. The molecule has 0 fully saturated rings. The predicted octanol–water partition coefficient (Wildman–Crippen LogP) is 4.90. The molecule has 2 aromatic carbocycles. The van der Waals surface area contributed by atoms with Crippen molar-refractivity contribution in [3.05, 3.63) is 67.3 Å². The van der Waals surface area contributed by atoms with E-state index in [1.807, 2.05) is 69.3 Å². The number of ether oxygens (including phenoxy) is 1. The fourth-order valence-electron chi connectivity index (χ4n) is 3.34. The fourth-order valence-corrected chi connectivity index (χ4v) is 3.34. The Morgan fingerprint density at radius 3 is 2.34 bits per heavy atom. The topological polar surface area (TPSA) is 89.9 Å². The highest BCUT2D eigenvalue weighted by Gasteiger charge is 2.24. The van der Waals surface area contributed by atoms with Crippen LogP contribution in [0.5, 0.6) is 0 Å². The molecule has 4 aromatic rings. The molecule has 0 spiro atoms. The Balaban J connectivity index is 1.86. The number of aromatic nitrogens is 4. The Bertz CT molecular complexity index is 1240. The molecule has 0 radical (unpaired) electrons. The van der Waals surface area contributed by atoms with Gasteiger partial charge in [-0.05, 0) is 44.9 Å². The van der Waals surface area contributed by atoms with E-state index in [2.05, 4.69) is 15.3 Å². The molecule has 0 aliphatic carbocycles. The lowest BCUT2D eigenvalue weighted by molar-refractivity contribution is -0.155. The number of benzene rings is 2. The van der Waals surface area contributed by atoms with Crippen molar-refractivity contribution in [3.63, 3.8) is 0 Å². The number of hydrogen-bond acceptors (Lipinski definition) is 7. The Morgan fingerprint density at radius 2 is 1.66 bits per heavy atom. The summed E-state index contributed by atoms with van der Waals surface area (Å²) in [7, 11) is 0. The number of rotatable bonds is 5. The highest BCUT2D eigenvalue weighted by molar-refractivity contribution is 6.03. The summed E-state index contributed by atoms with van der Waals surface area (Å²) in [5, 5.41) is 4.09. The Labute approximate surface area is 186 Å². The van der Waals surface area contributed by atoms with Crippen molar-refractivity contribution >= 4 is 22.7 Å². The minimum atomic E-state index is -0.615. The van der Waals surface area contributed by atoms with Gasteiger partial charge in [0, 0.05) is 12.4 Å². The van der Waals surface area contributed by atoms with E-state index >= 15 is 0 Å². The maximum atomic E-state index is 12.7. The quantitative estimate of drug-likeness (QED) is 0.453. The molecule has 0 aliphatic heterocycles. The molecule has 0 unspecified atom stereocenters. The van der Waals surface area contributed by atoms with Crippen molar-refractivity contribution in [2.75, 3.05) is 5.32 Å². The summed E-state index contributed by atoms with van der Waals surface area (Å²) >= 11 is 0. The predicted molar refractivity (Wildman–Crippen MR) is 125 cm³/mol. The molecular formula is C25H25N5O2. The van der Waals surface area contributed by atoms with Crippen LogP contribution in [0.2, 0.25) is 0 Å². The summed E-state index contributed by atoms with van der Waals surface area (Å²) in [5.41, 5.74) is 2.86. The Kier molecular flexibility index (Phi) is 5.81. The van der Waals surface area contributed by atoms with Crippen molar-refractivity contribution in [2.24, 2.45) is 0 Å². The highest BCUT2D eigenvalue weighted by Crippen LogP contribution is 2.34. The van der Waals surface area contributed by atoms with Gasteiger partial charge in [-0.25, -0.2) is 24.7 Å². The number of nitrogens with one attached hydrogen (secondary N) is 1. The van der Waals surface area contributed by atoms with Gasteiger partial charge in [-0.2, -0.15) is 0 Å². The van der Waals surface area contributed by atoms with E-state index < -0.39 is 11.6 Å². The average Bonchev–Trinajstić information content (AvgIpc) is 2.78. The van der Waals surface area contributed by atoms with Gasteiger partial charge in [-0.15, -0.1) is 0 Å². The third kappa shape index (κ3) is 4.72. The van der Waals surface area contributed by atoms with Crippen LogP contribution in [0.1, 0.15) is 27.7 Å². The van der Waals surface area contributed by atoms with E-state index in [0.717, 1.165) is 22.0 Å². The number of anilines is 1. The van der Waals surface area contributed by atoms with E-state index in [1.165, 1.54) is 6.33 Å². The first-order chi connectivity index (χ1) is 15.3. The molecule has 32 heavy (non-hydrogen) atoms. The van der Waals surface area contributed by atoms with Gasteiger partial charge in [0.2, 0.25) is 0 Å². The smallest absolute Gasteiger partial charge is 0.328 e. The molecule has 4 rings (SSSR count). The van der Waals surface area contributed by atoms with Crippen LogP contribution >= 0.6 is 0 Å². The minimum absolute atomic E-state index is 0.356. The van der Waals surface area contributed by atoms with Crippen LogP contribution in [0.4, 0.5) is 5.82 Å². The zero-order valence-electron chi connectivity index (χ0n) is 18.5. The van der Waals surface area contributed by atoms with Crippen molar-refractivity contribution in [1.29, 1.82) is 0 Å². The van der Waals surface area contributed by atoms with Crippen molar-refractivity contribution in [1.82, 2.24) is 19.9 Å². The molecule has 1 atom stereocenters. The van der Waals surface area contributed by atoms with Crippen molar-refractivity contribution < 1.29 is 9.53 Å². The van der Waals surface area contributed by atoms with E-state index in [1.54, 1.807) is 19.3 Å². The molecule has 0 amide bonds. The van der Waals surface area contributed by atoms with E-state index in [0.29, 0.717) is 17.2 Å². The summed E-state index contributed by atoms with van der Waals surface area (Å²) in [4.78, 5) is 30.3. The average molecular weight is 428 g/mol. The summed E-state index contributed by atoms with van der Waals surface area (Å²) in [6.45, 7) is 7.30. The van der Waals surface area contributed by atoms with Crippen LogP contribution < -0.4 is 5.32 Å². The second kappa shape index (κ2) is 8.70. The van der Waals surface area contributed by atoms with Gasteiger partial charge in [0.1, 0.15) is 23.8 Å². The zero-order chi connectivity index (χ0) is 22.7. The third-order valence-corrected chi connectivity index (χ3v) is 4.74. The van der Waals surface area contributed by atoms with Crippen LogP contribution in [0, 0.1) is 0 Å². The van der Waals surface area contributed by atoms with Gasteiger partial charge in [0.15, 0.2) is 5.82 Å². The number of hydrogen-bond donors (Lipinski definition) is 1. The summed E-state index contributed by atoms with van der Waals surface area (Å²) in [6.07, 6.45) is 4.79. The molecule has 2 heterocycles. The lowest BCUT2D eigenvalue weighted by Gasteiger charge is -2.23. The first kappa shape index (κ1) is 21.4. The van der Waals surface area contributed by atoms with Gasteiger partial charge >= 0.3 is 5.97 Å². The van der Waals surface area contributed by atoms with Gasteiger partial charge in [0.05, 0.1) is 16.5 Å². The molecule has 0 saturated carbocycles. The standard InChI is InChI=1S/C25H25N5O2/c1-16(24(31)32-25(2,3)4)28-23-21-19(17-9-6-5-7-10-17)11-8-12-20(21)29-22(30-23)18-13-26-15-27-14-18/h5-16H,1-4H3,(H,28,29,30)/t16-/m1/s1. The van der Waals surface area contributed by atoms with Crippen molar-refractivity contribution in [3.8, 4) is 22.5 Å². The molecule has 0 saturated heterocycles.